The van der Waals surface area contributed by atoms with Crippen LogP contribution in [0.3, 0.4) is 0 Å². The SMILES string of the molecule is [2H]OCC(C)(C)c1ccc(S(=O)(=O)N([2H])c2nc(-c3ncccn3)nc(OCC([2H])([2H])O[2H])c2Oc2ccccc2OC([2H])([2H])[2H])cc1. The van der Waals surface area contributed by atoms with Crippen LogP contribution in [0.25, 0.3) is 11.6 Å². The summed E-state index contributed by atoms with van der Waals surface area (Å²) in [7, 11) is -7.69. The largest absolute Gasteiger partial charge is 0.493 e. The number of sulfonamides is 1. The number of anilines is 1. The van der Waals surface area contributed by atoms with Crippen LogP contribution in [-0.2, 0) is 15.4 Å². The fraction of sp³-hybridized carbons (Fsp3) is 0.259. The van der Waals surface area contributed by atoms with Gasteiger partial charge in [-0.1, -0.05) is 38.1 Å². The molecule has 0 aliphatic rings. The summed E-state index contributed by atoms with van der Waals surface area (Å²) < 4.78 is 105. The second-order valence-corrected chi connectivity index (χ2v) is 10.4. The number of aliphatic hydroxyl groups is 2. The molecule has 0 amide bonds. The molecule has 0 radical (unpaired) electrons. The van der Waals surface area contributed by atoms with Gasteiger partial charge in [-0.2, -0.15) is 4.98 Å². The van der Waals surface area contributed by atoms with Crippen molar-refractivity contribution >= 4 is 15.8 Å². The van der Waals surface area contributed by atoms with Crippen molar-refractivity contribution in [1.82, 2.24) is 19.9 Å². The van der Waals surface area contributed by atoms with Crippen molar-refractivity contribution in [2.75, 3.05) is 31.5 Å². The fourth-order valence-corrected chi connectivity index (χ4v) is 4.27. The zero-order valence-corrected chi connectivity index (χ0v) is 22.1. The summed E-state index contributed by atoms with van der Waals surface area (Å²) in [5, 5.41) is 8.57. The van der Waals surface area contributed by atoms with E-state index in [1.54, 1.807) is 13.8 Å². The number of nitrogens with one attached hydrogen (secondary N) is 1. The van der Waals surface area contributed by atoms with Gasteiger partial charge in [0.15, 0.2) is 24.6 Å². The van der Waals surface area contributed by atoms with Gasteiger partial charge >= 0.3 is 0 Å². The van der Waals surface area contributed by atoms with Gasteiger partial charge in [-0.15, -0.1) is 0 Å². The van der Waals surface area contributed by atoms with Crippen LogP contribution < -0.4 is 18.9 Å². The van der Waals surface area contributed by atoms with Gasteiger partial charge in [0.05, 0.1) is 32.0 Å². The highest BCUT2D eigenvalue weighted by Crippen LogP contribution is 2.41. The lowest BCUT2D eigenvalue weighted by Crippen LogP contribution is -2.22. The van der Waals surface area contributed by atoms with Crippen LogP contribution in [0.2, 0.25) is 1.41 Å². The fourth-order valence-electron chi connectivity index (χ4n) is 3.34. The number of rotatable bonds is 14. The first kappa shape index (κ1) is 19.7. The average molecular weight is 576 g/mol. The molecule has 0 atom stereocenters. The molecule has 12 nitrogen and oxygen atoms in total. The number of benzene rings is 2. The van der Waals surface area contributed by atoms with Crippen molar-refractivity contribution < 1.29 is 41.1 Å². The lowest BCUT2D eigenvalue weighted by Gasteiger charge is -2.22. The highest BCUT2D eigenvalue weighted by Gasteiger charge is 2.27. The molecule has 0 aliphatic carbocycles. The van der Waals surface area contributed by atoms with Crippen LogP contribution in [0.5, 0.6) is 23.1 Å². The van der Waals surface area contributed by atoms with Crippen LogP contribution in [0.1, 0.15) is 26.3 Å². The predicted molar refractivity (Wildman–Crippen MR) is 146 cm³/mol. The number of aliphatic hydroxyl groups excluding tert-OH is 1. The Balaban J connectivity index is 1.92. The Labute approximate surface area is 243 Å². The van der Waals surface area contributed by atoms with Gasteiger partial charge in [0.1, 0.15) is 6.61 Å². The van der Waals surface area contributed by atoms with Crippen molar-refractivity contribution in [1.29, 1.82) is 2.86 Å². The molecule has 0 unspecified atom stereocenters. The molecule has 40 heavy (non-hydrogen) atoms. The molecular formula is C27H29N5O7S. The van der Waals surface area contributed by atoms with E-state index in [0.29, 0.717) is 5.56 Å². The number of hydrogen-bond acceptors (Lipinski definition) is 11. The van der Waals surface area contributed by atoms with E-state index in [9.17, 15) is 8.42 Å². The normalized spacial score (nSPS) is 15.2. The van der Waals surface area contributed by atoms with E-state index in [2.05, 4.69) is 30.2 Å². The first-order valence-electron chi connectivity index (χ1n) is 15.4. The third-order valence-corrected chi connectivity index (χ3v) is 6.80. The van der Waals surface area contributed by atoms with Gasteiger partial charge in [0, 0.05) is 17.8 Å². The van der Waals surface area contributed by atoms with Gasteiger partial charge in [-0.25, -0.2) is 23.4 Å². The second-order valence-electron chi connectivity index (χ2n) is 8.78. The molecule has 0 aliphatic heterocycles. The maximum absolute atomic E-state index is 13.9. The molecule has 0 saturated carbocycles. The van der Waals surface area contributed by atoms with Crippen LogP contribution in [-0.4, -0.2) is 68.2 Å². The molecular weight excluding hydrogens is 538 g/mol. The molecule has 13 heteroatoms. The van der Waals surface area contributed by atoms with E-state index in [1.807, 2.05) is 0 Å². The third-order valence-electron chi connectivity index (χ3n) is 5.52. The molecule has 2 aromatic heterocycles. The first-order chi connectivity index (χ1) is 22.5. The minimum absolute atomic E-state index is 0.0131. The Kier molecular flexibility index (Phi) is 6.02. The number of hydrogen-bond donors (Lipinski definition) is 3. The molecule has 210 valence electrons. The van der Waals surface area contributed by atoms with E-state index in [4.69, 9.17) is 25.3 Å². The second kappa shape index (κ2) is 12.2. The van der Waals surface area contributed by atoms with Crippen molar-refractivity contribution in [2.24, 2.45) is 0 Å². The summed E-state index contributed by atoms with van der Waals surface area (Å²) in [6.45, 7) is -0.0578. The number of para-hydroxylation sites is 2. The standard InChI is InChI=1S/C27H29N5O7S/c1-27(2,17-34)18-9-11-19(12-10-18)40(35,36)32-23-22(39-21-8-5-4-7-20(21)37-3)26(38-16-15-33)31-25(30-23)24-28-13-6-14-29-24/h4-14,33-34H,15-17H2,1-3H3,(H,30,31,32)/i3D3,15D2,33D,34D/hD. The van der Waals surface area contributed by atoms with E-state index in [0.717, 1.165) is 0 Å². The number of aromatic nitrogens is 4. The zero-order chi connectivity index (χ0) is 35.3. The number of methoxy groups -OCH3 is 1. The van der Waals surface area contributed by atoms with E-state index in [-0.39, 0.29) is 39.4 Å². The van der Waals surface area contributed by atoms with Crippen LogP contribution in [0.4, 0.5) is 5.82 Å². The molecule has 0 fully saturated rings. The van der Waals surface area contributed by atoms with E-state index >= 15 is 0 Å². The third kappa shape index (κ3) is 6.45. The molecule has 0 spiro atoms. The van der Waals surface area contributed by atoms with Crippen molar-refractivity contribution in [3.63, 3.8) is 0 Å². The van der Waals surface area contributed by atoms with Crippen molar-refractivity contribution in [3.8, 4) is 34.8 Å². The van der Waals surface area contributed by atoms with Gasteiger partial charge in [-0.05, 0) is 35.9 Å². The molecule has 2 heterocycles. The van der Waals surface area contributed by atoms with Gasteiger partial charge in [-0.3, -0.25) is 4.72 Å². The van der Waals surface area contributed by atoms with Gasteiger partial charge in [0.25, 0.3) is 15.9 Å². The lowest BCUT2D eigenvalue weighted by molar-refractivity contribution is 0.192. The Bertz CT molecular complexity index is 1820. The van der Waals surface area contributed by atoms with Crippen molar-refractivity contribution in [2.45, 2.75) is 24.2 Å². The molecule has 0 bridgehead atoms. The summed E-state index contributed by atoms with van der Waals surface area (Å²) >= 11 is 0. The Hall–Kier alpha value is -4.33. The summed E-state index contributed by atoms with van der Waals surface area (Å²) in [4.78, 5) is 16.2. The Morgan fingerprint density at radius 2 is 1.77 bits per heavy atom. The maximum Gasteiger partial charge on any atom is 0.263 e. The zero-order valence-electron chi connectivity index (χ0n) is 29.3. The minimum Gasteiger partial charge on any atom is -0.493 e. The molecule has 0 saturated heterocycles. The first-order valence-corrected chi connectivity index (χ1v) is 13.1. The number of ether oxygens (including phenoxy) is 3. The molecule has 4 aromatic rings. The lowest BCUT2D eigenvalue weighted by atomic mass is 9.86. The highest BCUT2D eigenvalue weighted by molar-refractivity contribution is 7.92. The average Bonchev–Trinajstić information content (AvgIpc) is 3.04. The van der Waals surface area contributed by atoms with Gasteiger partial charge in [0.2, 0.25) is 14.4 Å². The van der Waals surface area contributed by atoms with Crippen LogP contribution in [0, 0.1) is 0 Å². The van der Waals surface area contributed by atoms with E-state index < -0.39 is 53.1 Å². The minimum atomic E-state index is -4.77. The summed E-state index contributed by atoms with van der Waals surface area (Å²) in [5.74, 6) is -3.22. The number of nitrogens with zero attached hydrogens (tertiary/aromatic N) is 4. The topological polar surface area (TPSA) is 166 Å². The Morgan fingerprint density at radius 1 is 1.02 bits per heavy atom. The summed E-state index contributed by atoms with van der Waals surface area (Å²) in [6.07, 6.45) is 2.69. The Morgan fingerprint density at radius 3 is 2.48 bits per heavy atom. The monoisotopic (exact) mass is 575 g/mol. The quantitative estimate of drug-likeness (QED) is 0.202. The highest BCUT2D eigenvalue weighted by atomic mass is 32.2. The molecule has 4 rings (SSSR count). The van der Waals surface area contributed by atoms with Gasteiger partial charge < -0.3 is 24.4 Å². The molecule has 2 aromatic carbocycles. The van der Waals surface area contributed by atoms with E-state index in [1.165, 1.54) is 67.0 Å². The summed E-state index contributed by atoms with van der Waals surface area (Å²) in [6, 6.07) is 12.4. The molecule has 3 N–H and O–H groups in total. The predicted octanol–water partition coefficient (Wildman–Crippen LogP) is 3.18. The van der Waals surface area contributed by atoms with Crippen molar-refractivity contribution in [3.05, 3.63) is 72.6 Å². The summed E-state index contributed by atoms with van der Waals surface area (Å²) in [5.41, 5.74) is -0.000182. The maximum atomic E-state index is 13.9. The smallest absolute Gasteiger partial charge is 0.263 e. The van der Waals surface area contributed by atoms with Crippen LogP contribution in [0.15, 0.2) is 71.9 Å². The van der Waals surface area contributed by atoms with Crippen LogP contribution >= 0.6 is 0 Å².